The highest BCUT2D eigenvalue weighted by Crippen LogP contribution is 2.10. The van der Waals surface area contributed by atoms with Crippen molar-refractivity contribution in [2.45, 2.75) is 12.8 Å². The van der Waals surface area contributed by atoms with Gasteiger partial charge in [0.05, 0.1) is 6.42 Å². The lowest BCUT2D eigenvalue weighted by atomic mass is 10.1. The summed E-state index contributed by atoms with van der Waals surface area (Å²) in [6.07, 6.45) is 3.57. The summed E-state index contributed by atoms with van der Waals surface area (Å²) in [5.41, 5.74) is 1.05. The van der Waals surface area contributed by atoms with Gasteiger partial charge in [0, 0.05) is 11.0 Å². The van der Waals surface area contributed by atoms with Crippen molar-refractivity contribution in [1.29, 1.82) is 0 Å². The fraction of sp³-hybridized carbons (Fsp3) is 0.417. The number of hydrogen-bond acceptors (Lipinski definition) is 2. The van der Waals surface area contributed by atoms with Gasteiger partial charge in [0.15, 0.2) is 0 Å². The molecular weight excluding hydrogens is 286 g/mol. The Hall–Kier alpha value is -0.480. The first-order valence-corrected chi connectivity index (χ1v) is 7.41. The predicted octanol–water partition coefficient (Wildman–Crippen LogP) is 2.86. The molecule has 2 nitrogen and oxygen atoms in total. The van der Waals surface area contributed by atoms with E-state index >= 15 is 0 Å². The van der Waals surface area contributed by atoms with E-state index in [1.807, 2.05) is 24.3 Å². The van der Waals surface area contributed by atoms with Crippen molar-refractivity contribution in [2.24, 2.45) is 0 Å². The standard InChI is InChI=1S/C12H16BrNOS/c1-16-8-2-7-14-12(15)9-10-3-5-11(13)6-4-10/h3-6H,2,7-9H2,1H3,(H,14,15). The molecule has 0 unspecified atom stereocenters. The zero-order chi connectivity index (χ0) is 11.8. The van der Waals surface area contributed by atoms with E-state index < -0.39 is 0 Å². The monoisotopic (exact) mass is 301 g/mol. The molecule has 16 heavy (non-hydrogen) atoms. The number of thioether (sulfide) groups is 1. The van der Waals surface area contributed by atoms with Gasteiger partial charge >= 0.3 is 0 Å². The van der Waals surface area contributed by atoms with Crippen LogP contribution in [0.3, 0.4) is 0 Å². The van der Waals surface area contributed by atoms with Crippen LogP contribution in [0.4, 0.5) is 0 Å². The summed E-state index contributed by atoms with van der Waals surface area (Å²) in [7, 11) is 0. The van der Waals surface area contributed by atoms with E-state index in [2.05, 4.69) is 27.5 Å². The average Bonchev–Trinajstić information content (AvgIpc) is 2.28. The van der Waals surface area contributed by atoms with E-state index in [1.165, 1.54) is 0 Å². The van der Waals surface area contributed by atoms with E-state index in [9.17, 15) is 4.79 Å². The van der Waals surface area contributed by atoms with Gasteiger partial charge in [0.2, 0.25) is 5.91 Å². The molecule has 0 saturated carbocycles. The second-order valence-corrected chi connectivity index (χ2v) is 5.40. The van der Waals surface area contributed by atoms with Gasteiger partial charge in [-0.2, -0.15) is 11.8 Å². The molecule has 0 aromatic heterocycles. The number of benzene rings is 1. The van der Waals surface area contributed by atoms with E-state index in [4.69, 9.17) is 0 Å². The maximum absolute atomic E-state index is 11.5. The molecule has 0 aliphatic rings. The quantitative estimate of drug-likeness (QED) is 0.819. The third-order valence-electron chi connectivity index (χ3n) is 2.13. The minimum Gasteiger partial charge on any atom is -0.356 e. The van der Waals surface area contributed by atoms with Crippen LogP contribution in [0.15, 0.2) is 28.7 Å². The molecule has 0 saturated heterocycles. The van der Waals surface area contributed by atoms with Gasteiger partial charge in [-0.3, -0.25) is 4.79 Å². The van der Waals surface area contributed by atoms with Crippen molar-refractivity contribution >= 4 is 33.6 Å². The summed E-state index contributed by atoms with van der Waals surface area (Å²) in [5, 5.41) is 2.92. The highest BCUT2D eigenvalue weighted by atomic mass is 79.9. The van der Waals surface area contributed by atoms with Crippen LogP contribution in [0.1, 0.15) is 12.0 Å². The highest BCUT2D eigenvalue weighted by Gasteiger charge is 2.02. The Balaban J connectivity index is 2.26. The molecule has 1 aromatic carbocycles. The molecule has 88 valence electrons. The topological polar surface area (TPSA) is 29.1 Å². The number of carbonyl (C=O) groups excluding carboxylic acids is 1. The summed E-state index contributed by atoms with van der Waals surface area (Å²) in [6.45, 7) is 0.774. The van der Waals surface area contributed by atoms with Gasteiger partial charge in [-0.1, -0.05) is 28.1 Å². The first kappa shape index (κ1) is 13.6. The number of rotatable bonds is 6. The molecule has 0 bridgehead atoms. The molecule has 0 fully saturated rings. The summed E-state index contributed by atoms with van der Waals surface area (Å²) in [4.78, 5) is 11.5. The van der Waals surface area contributed by atoms with Crippen LogP contribution in [0.25, 0.3) is 0 Å². The van der Waals surface area contributed by atoms with E-state index in [0.29, 0.717) is 6.42 Å². The van der Waals surface area contributed by atoms with Gasteiger partial charge in [-0.05, 0) is 36.1 Å². The fourth-order valence-electron chi connectivity index (χ4n) is 1.29. The van der Waals surface area contributed by atoms with Gasteiger partial charge in [-0.15, -0.1) is 0 Å². The number of carbonyl (C=O) groups is 1. The lowest BCUT2D eigenvalue weighted by Crippen LogP contribution is -2.26. The summed E-state index contributed by atoms with van der Waals surface area (Å²) < 4.78 is 1.04. The van der Waals surface area contributed by atoms with Crippen molar-refractivity contribution in [2.75, 3.05) is 18.6 Å². The summed E-state index contributed by atoms with van der Waals surface area (Å²) in [5.74, 6) is 1.20. The molecule has 4 heteroatoms. The number of nitrogens with one attached hydrogen (secondary N) is 1. The van der Waals surface area contributed by atoms with Crippen molar-refractivity contribution < 1.29 is 4.79 Å². The maximum Gasteiger partial charge on any atom is 0.224 e. The first-order chi connectivity index (χ1) is 7.72. The van der Waals surface area contributed by atoms with Crippen LogP contribution >= 0.6 is 27.7 Å². The SMILES string of the molecule is CSCCCNC(=O)Cc1ccc(Br)cc1. The molecule has 1 aromatic rings. The zero-order valence-corrected chi connectivity index (χ0v) is 11.7. The second kappa shape index (κ2) is 7.74. The largest absolute Gasteiger partial charge is 0.356 e. The van der Waals surface area contributed by atoms with Gasteiger partial charge in [0.1, 0.15) is 0 Å². The molecule has 0 heterocycles. The Morgan fingerprint density at radius 3 is 2.69 bits per heavy atom. The molecule has 0 aliphatic heterocycles. The molecule has 0 aliphatic carbocycles. The molecule has 1 N–H and O–H groups in total. The smallest absolute Gasteiger partial charge is 0.224 e. The molecule has 0 atom stereocenters. The Morgan fingerprint density at radius 1 is 1.38 bits per heavy atom. The predicted molar refractivity (Wildman–Crippen MR) is 73.9 cm³/mol. The molecule has 0 radical (unpaired) electrons. The Bertz CT molecular complexity index is 326. The second-order valence-electron chi connectivity index (χ2n) is 3.50. The zero-order valence-electron chi connectivity index (χ0n) is 9.33. The third kappa shape index (κ3) is 5.56. The minimum atomic E-state index is 0.100. The molecular formula is C12H16BrNOS. The van der Waals surface area contributed by atoms with Gasteiger partial charge in [-0.25, -0.2) is 0 Å². The van der Waals surface area contributed by atoms with E-state index in [1.54, 1.807) is 11.8 Å². The molecule has 1 rings (SSSR count). The normalized spacial score (nSPS) is 10.1. The summed E-state index contributed by atoms with van der Waals surface area (Å²) >= 11 is 5.17. The molecule has 0 spiro atoms. The van der Waals surface area contributed by atoms with Crippen molar-refractivity contribution in [3.63, 3.8) is 0 Å². The summed E-state index contributed by atoms with van der Waals surface area (Å²) in [6, 6.07) is 7.84. The maximum atomic E-state index is 11.5. The van der Waals surface area contributed by atoms with Crippen LogP contribution < -0.4 is 5.32 Å². The number of amides is 1. The number of halogens is 1. The number of hydrogen-bond donors (Lipinski definition) is 1. The first-order valence-electron chi connectivity index (χ1n) is 5.22. The van der Waals surface area contributed by atoms with Crippen LogP contribution in [0, 0.1) is 0 Å². The highest BCUT2D eigenvalue weighted by molar-refractivity contribution is 9.10. The lowest BCUT2D eigenvalue weighted by Gasteiger charge is -2.04. The fourth-order valence-corrected chi connectivity index (χ4v) is 1.99. The van der Waals surface area contributed by atoms with Crippen molar-refractivity contribution in [3.8, 4) is 0 Å². The van der Waals surface area contributed by atoms with E-state index in [-0.39, 0.29) is 5.91 Å². The lowest BCUT2D eigenvalue weighted by molar-refractivity contribution is -0.120. The minimum absolute atomic E-state index is 0.100. The van der Waals surface area contributed by atoms with Gasteiger partial charge < -0.3 is 5.32 Å². The van der Waals surface area contributed by atoms with E-state index in [0.717, 1.165) is 28.8 Å². The van der Waals surface area contributed by atoms with Crippen molar-refractivity contribution in [3.05, 3.63) is 34.3 Å². The van der Waals surface area contributed by atoms with Crippen LogP contribution in [0.2, 0.25) is 0 Å². The van der Waals surface area contributed by atoms with Crippen LogP contribution in [0.5, 0.6) is 0 Å². The Labute approximate surface area is 109 Å². The Kier molecular flexibility index (Phi) is 6.57. The van der Waals surface area contributed by atoms with Crippen molar-refractivity contribution in [1.82, 2.24) is 5.32 Å². The van der Waals surface area contributed by atoms with Crippen LogP contribution in [-0.4, -0.2) is 24.5 Å². The molecule has 1 amide bonds. The Morgan fingerprint density at radius 2 is 2.06 bits per heavy atom. The van der Waals surface area contributed by atoms with Gasteiger partial charge in [0.25, 0.3) is 0 Å². The third-order valence-corrected chi connectivity index (χ3v) is 3.35. The average molecular weight is 302 g/mol. The van der Waals surface area contributed by atoms with Crippen LogP contribution in [-0.2, 0) is 11.2 Å².